The molecule has 0 heterocycles. The van der Waals surface area contributed by atoms with Gasteiger partial charge in [-0.05, 0) is 28.1 Å². The minimum Gasteiger partial charge on any atom is -0.323 e. The summed E-state index contributed by atoms with van der Waals surface area (Å²) >= 11 is 8.79. The van der Waals surface area contributed by atoms with Crippen molar-refractivity contribution in [2.24, 2.45) is 5.73 Å². The predicted molar refractivity (Wildman–Crippen MR) is 56.8 cm³/mol. The number of hydrogen-bond donors (Lipinski definition) is 2. The van der Waals surface area contributed by atoms with Crippen LogP contribution in [0.25, 0.3) is 0 Å². The highest BCUT2D eigenvalue weighted by Gasteiger charge is 2.10. The van der Waals surface area contributed by atoms with Crippen molar-refractivity contribution in [3.8, 4) is 0 Å². The van der Waals surface area contributed by atoms with E-state index in [0.29, 0.717) is 10.2 Å². The lowest BCUT2D eigenvalue weighted by Gasteiger charge is -2.08. The normalized spacial score (nSPS) is 10.0. The largest absolute Gasteiger partial charge is 0.323 e. The Labute approximate surface area is 93.5 Å². The standard InChI is InChI=1S/C8H7BrClFN2O/c9-5-1-4(11)2-6(10)8(5)13-7(14)3-12/h1-2H,3,12H2,(H,13,14). The van der Waals surface area contributed by atoms with E-state index in [4.69, 9.17) is 17.3 Å². The third-order valence-electron chi connectivity index (χ3n) is 1.46. The second-order valence-electron chi connectivity index (χ2n) is 2.50. The third-order valence-corrected chi connectivity index (χ3v) is 2.38. The monoisotopic (exact) mass is 280 g/mol. The van der Waals surface area contributed by atoms with Crippen LogP contribution in [0, 0.1) is 5.82 Å². The molecule has 0 aliphatic carbocycles. The Morgan fingerprint density at radius 1 is 1.64 bits per heavy atom. The Morgan fingerprint density at radius 3 is 2.79 bits per heavy atom. The Kier molecular flexibility index (Phi) is 3.86. The first kappa shape index (κ1) is 11.4. The van der Waals surface area contributed by atoms with Gasteiger partial charge in [0.1, 0.15) is 5.82 Å². The van der Waals surface area contributed by atoms with Gasteiger partial charge in [0.2, 0.25) is 5.91 Å². The predicted octanol–water partition coefficient (Wildman–Crippen LogP) is 2.14. The molecule has 0 saturated carbocycles. The Bertz CT molecular complexity index is 349. The molecule has 0 atom stereocenters. The van der Waals surface area contributed by atoms with E-state index in [1.807, 2.05) is 0 Å². The van der Waals surface area contributed by atoms with Crippen LogP contribution in [0.1, 0.15) is 0 Å². The molecule has 1 amide bonds. The van der Waals surface area contributed by atoms with Gasteiger partial charge in [-0.25, -0.2) is 4.39 Å². The van der Waals surface area contributed by atoms with E-state index >= 15 is 0 Å². The molecule has 1 aromatic rings. The van der Waals surface area contributed by atoms with Gasteiger partial charge in [0.05, 0.1) is 17.3 Å². The lowest BCUT2D eigenvalue weighted by molar-refractivity contribution is -0.114. The summed E-state index contributed by atoms with van der Waals surface area (Å²) in [6.07, 6.45) is 0. The number of benzene rings is 1. The number of carbonyl (C=O) groups is 1. The maximum absolute atomic E-state index is 12.8. The molecule has 0 aliphatic heterocycles. The van der Waals surface area contributed by atoms with E-state index in [2.05, 4.69) is 21.2 Å². The minimum absolute atomic E-state index is 0.124. The molecule has 0 saturated heterocycles. The molecule has 0 aliphatic rings. The van der Waals surface area contributed by atoms with Crippen LogP contribution in [-0.2, 0) is 4.79 Å². The second-order valence-corrected chi connectivity index (χ2v) is 3.76. The van der Waals surface area contributed by atoms with Gasteiger partial charge in [-0.15, -0.1) is 0 Å². The summed E-state index contributed by atoms with van der Waals surface area (Å²) in [4.78, 5) is 11.0. The summed E-state index contributed by atoms with van der Waals surface area (Å²) in [5.74, 6) is -0.869. The smallest absolute Gasteiger partial charge is 0.238 e. The molecule has 1 aromatic carbocycles. The SMILES string of the molecule is NCC(=O)Nc1c(Cl)cc(F)cc1Br. The van der Waals surface area contributed by atoms with E-state index in [1.54, 1.807) is 0 Å². The van der Waals surface area contributed by atoms with Crippen LogP contribution in [0.5, 0.6) is 0 Å². The third kappa shape index (κ3) is 2.67. The fourth-order valence-electron chi connectivity index (χ4n) is 0.852. The van der Waals surface area contributed by atoms with Crippen molar-refractivity contribution in [1.82, 2.24) is 0 Å². The topological polar surface area (TPSA) is 55.1 Å². The zero-order chi connectivity index (χ0) is 10.7. The molecular formula is C8H7BrClFN2O. The van der Waals surface area contributed by atoms with Crippen molar-refractivity contribution in [2.75, 3.05) is 11.9 Å². The fourth-order valence-corrected chi connectivity index (χ4v) is 1.75. The summed E-state index contributed by atoms with van der Waals surface area (Å²) < 4.78 is 13.2. The Hall–Kier alpha value is -0.650. The van der Waals surface area contributed by atoms with Crippen LogP contribution < -0.4 is 11.1 Å². The van der Waals surface area contributed by atoms with Gasteiger partial charge < -0.3 is 11.1 Å². The first-order valence-electron chi connectivity index (χ1n) is 3.69. The molecule has 1 rings (SSSR count). The second kappa shape index (κ2) is 4.72. The number of halogens is 3. The van der Waals surface area contributed by atoms with Gasteiger partial charge in [0.15, 0.2) is 0 Å². The number of rotatable bonds is 2. The van der Waals surface area contributed by atoms with Gasteiger partial charge in [-0.3, -0.25) is 4.79 Å². The highest BCUT2D eigenvalue weighted by molar-refractivity contribution is 9.10. The summed E-state index contributed by atoms with van der Waals surface area (Å²) in [6, 6.07) is 2.32. The summed E-state index contributed by atoms with van der Waals surface area (Å²) in [6.45, 7) is -0.153. The minimum atomic E-state index is -0.479. The fraction of sp³-hybridized carbons (Fsp3) is 0.125. The van der Waals surface area contributed by atoms with E-state index < -0.39 is 5.82 Å². The quantitative estimate of drug-likeness (QED) is 0.872. The van der Waals surface area contributed by atoms with E-state index in [1.165, 1.54) is 6.07 Å². The highest BCUT2D eigenvalue weighted by Crippen LogP contribution is 2.31. The molecule has 0 fully saturated rings. The van der Waals surface area contributed by atoms with Crippen LogP contribution in [-0.4, -0.2) is 12.5 Å². The van der Waals surface area contributed by atoms with Crippen molar-refractivity contribution in [1.29, 1.82) is 0 Å². The maximum Gasteiger partial charge on any atom is 0.238 e. The lowest BCUT2D eigenvalue weighted by Crippen LogP contribution is -2.22. The van der Waals surface area contributed by atoms with Gasteiger partial charge in [-0.2, -0.15) is 0 Å². The van der Waals surface area contributed by atoms with E-state index in [-0.39, 0.29) is 17.5 Å². The number of nitrogens with one attached hydrogen (secondary N) is 1. The average molecular weight is 282 g/mol. The number of nitrogens with two attached hydrogens (primary N) is 1. The maximum atomic E-state index is 12.8. The summed E-state index contributed by atoms with van der Waals surface area (Å²) in [5, 5.41) is 2.57. The van der Waals surface area contributed by atoms with Crippen molar-refractivity contribution >= 4 is 39.1 Å². The summed E-state index contributed by atoms with van der Waals surface area (Å²) in [5.41, 5.74) is 5.43. The molecule has 0 spiro atoms. The highest BCUT2D eigenvalue weighted by atomic mass is 79.9. The van der Waals surface area contributed by atoms with Crippen LogP contribution in [0.2, 0.25) is 5.02 Å². The zero-order valence-corrected chi connectivity index (χ0v) is 9.32. The number of anilines is 1. The van der Waals surface area contributed by atoms with Crippen LogP contribution in [0.15, 0.2) is 16.6 Å². The van der Waals surface area contributed by atoms with Crippen LogP contribution in [0.3, 0.4) is 0 Å². The van der Waals surface area contributed by atoms with E-state index in [0.717, 1.165) is 6.07 Å². The van der Waals surface area contributed by atoms with Crippen molar-refractivity contribution in [2.45, 2.75) is 0 Å². The van der Waals surface area contributed by atoms with Gasteiger partial charge >= 0.3 is 0 Å². The molecule has 0 aromatic heterocycles. The van der Waals surface area contributed by atoms with Gasteiger partial charge in [0, 0.05) is 4.47 Å². The van der Waals surface area contributed by atoms with Gasteiger partial charge in [0.25, 0.3) is 0 Å². The van der Waals surface area contributed by atoms with Crippen LogP contribution >= 0.6 is 27.5 Å². The molecule has 0 radical (unpaired) electrons. The molecule has 3 nitrogen and oxygen atoms in total. The Morgan fingerprint density at radius 2 is 2.29 bits per heavy atom. The molecule has 6 heteroatoms. The molecule has 14 heavy (non-hydrogen) atoms. The number of amides is 1. The summed E-state index contributed by atoms with van der Waals surface area (Å²) in [7, 11) is 0. The van der Waals surface area contributed by atoms with Crippen molar-refractivity contribution in [3.63, 3.8) is 0 Å². The van der Waals surface area contributed by atoms with Crippen LogP contribution in [0.4, 0.5) is 10.1 Å². The molecule has 0 unspecified atom stereocenters. The lowest BCUT2D eigenvalue weighted by atomic mass is 10.3. The first-order chi connectivity index (χ1) is 6.54. The molecular weight excluding hydrogens is 274 g/mol. The average Bonchev–Trinajstić information content (AvgIpc) is 2.10. The van der Waals surface area contributed by atoms with Crippen molar-refractivity contribution < 1.29 is 9.18 Å². The molecule has 76 valence electrons. The number of carbonyl (C=O) groups excluding carboxylic acids is 1. The van der Waals surface area contributed by atoms with Crippen molar-refractivity contribution in [3.05, 3.63) is 27.4 Å². The zero-order valence-electron chi connectivity index (χ0n) is 6.98. The van der Waals surface area contributed by atoms with E-state index in [9.17, 15) is 9.18 Å². The molecule has 0 bridgehead atoms. The number of hydrogen-bond acceptors (Lipinski definition) is 2. The Balaban J connectivity index is 3.02. The first-order valence-corrected chi connectivity index (χ1v) is 4.86. The van der Waals surface area contributed by atoms with Gasteiger partial charge in [-0.1, -0.05) is 11.6 Å². The molecule has 3 N–H and O–H groups in total.